The average molecular weight is 380 g/mol. The first-order valence-electron chi connectivity index (χ1n) is 4.78. The van der Waals surface area contributed by atoms with Crippen molar-refractivity contribution in [1.82, 2.24) is 5.32 Å². The van der Waals surface area contributed by atoms with E-state index in [9.17, 15) is 4.79 Å². The molecule has 80 valence electrons. The number of carbonyl (C=O) groups is 1. The van der Waals surface area contributed by atoms with Crippen LogP contribution in [0.3, 0.4) is 0 Å². The average Bonchev–Trinajstić information content (AvgIpc) is 2.87. The lowest BCUT2D eigenvalue weighted by Crippen LogP contribution is -2.34. The first kappa shape index (κ1) is 11.4. The van der Waals surface area contributed by atoms with Crippen molar-refractivity contribution >= 4 is 44.4 Å². The number of amides is 1. The van der Waals surface area contributed by atoms with E-state index < -0.39 is 0 Å². The van der Waals surface area contributed by atoms with Gasteiger partial charge in [-0.1, -0.05) is 0 Å². The van der Waals surface area contributed by atoms with Crippen molar-refractivity contribution in [2.75, 3.05) is 0 Å². The molecule has 1 aliphatic rings. The fourth-order valence-electron chi connectivity index (χ4n) is 1.33. The minimum atomic E-state index is 0.0143. The van der Waals surface area contributed by atoms with Crippen LogP contribution in [0, 0.1) is 3.57 Å². The summed E-state index contributed by atoms with van der Waals surface area (Å²) in [6, 6.07) is 5.78. The van der Waals surface area contributed by atoms with Gasteiger partial charge in [-0.25, -0.2) is 0 Å². The zero-order valence-electron chi connectivity index (χ0n) is 8.31. The van der Waals surface area contributed by atoms with E-state index in [1.54, 1.807) is 0 Å². The largest absolute Gasteiger partial charge is 0.347 e. The maximum Gasteiger partial charge on any atom is 0.252 e. The predicted octanol–water partition coefficient (Wildman–Crippen LogP) is 3.34. The number of halogens is 2. The summed E-state index contributed by atoms with van der Waals surface area (Å²) >= 11 is 5.60. The maximum absolute atomic E-state index is 11.9. The molecule has 1 saturated carbocycles. The molecule has 1 fully saturated rings. The van der Waals surface area contributed by atoms with Gasteiger partial charge < -0.3 is 5.32 Å². The summed E-state index contributed by atoms with van der Waals surface area (Å²) in [5.41, 5.74) is 0.757. The van der Waals surface area contributed by atoms with Gasteiger partial charge in [0.25, 0.3) is 5.91 Å². The van der Waals surface area contributed by atoms with Crippen LogP contribution in [-0.4, -0.2) is 11.4 Å². The molecule has 2 nitrogen and oxygen atoms in total. The standard InChI is InChI=1S/C11H11BrINO/c1-11(4-5-11)14-10(15)8-6-7(13)2-3-9(8)12/h2-3,6H,4-5H2,1H3,(H,14,15). The van der Waals surface area contributed by atoms with E-state index in [1.807, 2.05) is 18.2 Å². The first-order chi connectivity index (χ1) is 7.00. The van der Waals surface area contributed by atoms with Gasteiger partial charge in [0, 0.05) is 13.6 Å². The van der Waals surface area contributed by atoms with Gasteiger partial charge in [0.15, 0.2) is 0 Å². The molecule has 2 rings (SSSR count). The van der Waals surface area contributed by atoms with Crippen LogP contribution in [0.4, 0.5) is 0 Å². The molecule has 0 spiro atoms. The van der Waals surface area contributed by atoms with Crippen molar-refractivity contribution in [1.29, 1.82) is 0 Å². The summed E-state index contributed by atoms with van der Waals surface area (Å²) in [4.78, 5) is 11.9. The predicted molar refractivity (Wildman–Crippen MR) is 72.0 cm³/mol. The van der Waals surface area contributed by atoms with Crippen LogP contribution < -0.4 is 5.32 Å². The van der Waals surface area contributed by atoms with Gasteiger partial charge >= 0.3 is 0 Å². The highest BCUT2D eigenvalue weighted by molar-refractivity contribution is 14.1. The topological polar surface area (TPSA) is 29.1 Å². The molecular formula is C11H11BrINO. The monoisotopic (exact) mass is 379 g/mol. The molecule has 0 atom stereocenters. The molecule has 0 unspecified atom stereocenters. The molecule has 0 aliphatic heterocycles. The van der Waals surface area contributed by atoms with E-state index in [2.05, 4.69) is 50.8 Å². The van der Waals surface area contributed by atoms with E-state index >= 15 is 0 Å². The third-order valence-electron chi connectivity index (χ3n) is 2.59. The summed E-state index contributed by atoms with van der Waals surface area (Å²) in [7, 11) is 0. The van der Waals surface area contributed by atoms with Gasteiger partial charge in [-0.2, -0.15) is 0 Å². The zero-order chi connectivity index (χ0) is 11.1. The Hall–Kier alpha value is -0.100. The fraction of sp³-hybridized carbons (Fsp3) is 0.364. The Morgan fingerprint density at radius 3 is 2.80 bits per heavy atom. The number of nitrogens with one attached hydrogen (secondary N) is 1. The summed E-state index contributed by atoms with van der Waals surface area (Å²) in [5, 5.41) is 3.04. The second-order valence-electron chi connectivity index (χ2n) is 4.14. The Balaban J connectivity index is 2.21. The summed E-state index contributed by atoms with van der Waals surface area (Å²) in [6.45, 7) is 2.08. The number of hydrogen-bond acceptors (Lipinski definition) is 1. The third kappa shape index (κ3) is 2.72. The molecule has 0 radical (unpaired) electrons. The molecule has 0 saturated heterocycles. The Morgan fingerprint density at radius 2 is 2.20 bits per heavy atom. The maximum atomic E-state index is 11.9. The summed E-state index contributed by atoms with van der Waals surface area (Å²) in [6.07, 6.45) is 2.17. The van der Waals surface area contributed by atoms with Crippen molar-refractivity contribution in [2.45, 2.75) is 25.3 Å². The smallest absolute Gasteiger partial charge is 0.252 e. The van der Waals surface area contributed by atoms with Gasteiger partial charge in [-0.15, -0.1) is 0 Å². The lowest BCUT2D eigenvalue weighted by molar-refractivity contribution is 0.0934. The van der Waals surface area contributed by atoms with Crippen LogP contribution in [-0.2, 0) is 0 Å². The molecular weight excluding hydrogens is 369 g/mol. The van der Waals surface area contributed by atoms with Gasteiger partial charge in [0.05, 0.1) is 5.56 Å². The molecule has 1 aromatic carbocycles. The number of rotatable bonds is 2. The molecule has 15 heavy (non-hydrogen) atoms. The van der Waals surface area contributed by atoms with Gasteiger partial charge in [-0.3, -0.25) is 4.79 Å². The highest BCUT2D eigenvalue weighted by Crippen LogP contribution is 2.35. The molecule has 1 aliphatic carbocycles. The SMILES string of the molecule is CC1(NC(=O)c2cc(I)ccc2Br)CC1. The molecule has 1 amide bonds. The van der Waals surface area contributed by atoms with Crippen molar-refractivity contribution < 1.29 is 4.79 Å². The zero-order valence-corrected chi connectivity index (χ0v) is 12.1. The van der Waals surface area contributed by atoms with Crippen molar-refractivity contribution in [3.8, 4) is 0 Å². The lowest BCUT2D eigenvalue weighted by atomic mass is 10.2. The lowest BCUT2D eigenvalue weighted by Gasteiger charge is -2.12. The van der Waals surface area contributed by atoms with Crippen LogP contribution in [0.1, 0.15) is 30.1 Å². The Morgan fingerprint density at radius 1 is 1.53 bits per heavy atom. The third-order valence-corrected chi connectivity index (χ3v) is 3.95. The van der Waals surface area contributed by atoms with Gasteiger partial charge in [-0.05, 0) is 76.5 Å². The molecule has 1 aromatic rings. The van der Waals surface area contributed by atoms with Gasteiger partial charge in [0.2, 0.25) is 0 Å². The molecule has 0 bridgehead atoms. The second kappa shape index (κ2) is 4.05. The van der Waals surface area contributed by atoms with E-state index in [-0.39, 0.29) is 11.4 Å². The van der Waals surface area contributed by atoms with E-state index in [0.717, 1.165) is 26.4 Å². The molecule has 1 N–H and O–H groups in total. The van der Waals surface area contributed by atoms with Crippen LogP contribution in [0.15, 0.2) is 22.7 Å². The highest BCUT2D eigenvalue weighted by atomic mass is 127. The number of carbonyl (C=O) groups excluding carboxylic acids is 1. The van der Waals surface area contributed by atoms with E-state index in [4.69, 9.17) is 0 Å². The summed E-state index contributed by atoms with van der Waals surface area (Å²) < 4.78 is 1.92. The fourth-order valence-corrected chi connectivity index (χ4v) is 2.24. The molecule has 4 heteroatoms. The second-order valence-corrected chi connectivity index (χ2v) is 6.24. The number of hydrogen-bond donors (Lipinski definition) is 1. The Bertz CT molecular complexity index is 415. The minimum absolute atomic E-state index is 0.0143. The Kier molecular flexibility index (Phi) is 3.07. The van der Waals surface area contributed by atoms with Crippen molar-refractivity contribution in [3.05, 3.63) is 31.8 Å². The normalized spacial score (nSPS) is 17.3. The van der Waals surface area contributed by atoms with Crippen molar-refractivity contribution in [3.63, 3.8) is 0 Å². The number of benzene rings is 1. The van der Waals surface area contributed by atoms with Crippen LogP contribution in [0.25, 0.3) is 0 Å². The van der Waals surface area contributed by atoms with Crippen LogP contribution in [0.2, 0.25) is 0 Å². The molecule has 0 heterocycles. The van der Waals surface area contributed by atoms with E-state index in [1.165, 1.54) is 0 Å². The minimum Gasteiger partial charge on any atom is -0.347 e. The quantitative estimate of drug-likeness (QED) is 0.784. The Labute approximate surface area is 111 Å². The highest BCUT2D eigenvalue weighted by Gasteiger charge is 2.39. The van der Waals surface area contributed by atoms with Crippen LogP contribution >= 0.6 is 38.5 Å². The molecule has 0 aromatic heterocycles. The van der Waals surface area contributed by atoms with Gasteiger partial charge in [0.1, 0.15) is 0 Å². The van der Waals surface area contributed by atoms with Crippen LogP contribution in [0.5, 0.6) is 0 Å². The van der Waals surface area contributed by atoms with E-state index in [0.29, 0.717) is 0 Å². The first-order valence-corrected chi connectivity index (χ1v) is 6.65. The summed E-state index contributed by atoms with van der Waals surface area (Å²) in [5.74, 6) is 0.0143. The van der Waals surface area contributed by atoms with Crippen molar-refractivity contribution in [2.24, 2.45) is 0 Å².